The average molecular weight is 365 g/mol. The molecule has 4 aromatic rings. The molecule has 2 heterocycles. The van der Waals surface area contributed by atoms with Gasteiger partial charge in [-0.05, 0) is 18.6 Å². The predicted octanol–water partition coefficient (Wildman–Crippen LogP) is 2.85. The van der Waals surface area contributed by atoms with Crippen molar-refractivity contribution < 1.29 is 9.34 Å². The lowest BCUT2D eigenvalue weighted by Crippen LogP contribution is -2.15. The standard InChI is InChI=1S/C18H15N5O4/c24-18-22(15-7-1-2-8-16(15)27-18)10-4-9-21-12-19-17(20-21)13-5-3-6-14(11-13)23(25)26/h1-3,5-8,11-12H,4,9-10H2. The summed E-state index contributed by atoms with van der Waals surface area (Å²) in [7, 11) is 0. The minimum Gasteiger partial charge on any atom is -0.408 e. The molecule has 0 bridgehead atoms. The molecule has 0 fully saturated rings. The normalized spacial score (nSPS) is 11.1. The zero-order chi connectivity index (χ0) is 18.8. The predicted molar refractivity (Wildman–Crippen MR) is 97.2 cm³/mol. The summed E-state index contributed by atoms with van der Waals surface area (Å²) in [4.78, 5) is 26.6. The number of hydrogen-bond acceptors (Lipinski definition) is 6. The quantitative estimate of drug-likeness (QED) is 0.384. The Morgan fingerprint density at radius 1 is 1.11 bits per heavy atom. The summed E-state index contributed by atoms with van der Waals surface area (Å²) < 4.78 is 8.46. The summed E-state index contributed by atoms with van der Waals surface area (Å²) in [5, 5.41) is 15.2. The van der Waals surface area contributed by atoms with Gasteiger partial charge in [0.05, 0.1) is 10.4 Å². The van der Waals surface area contributed by atoms with E-state index in [1.54, 1.807) is 33.8 Å². The minimum absolute atomic E-state index is 0.00457. The van der Waals surface area contributed by atoms with Crippen molar-refractivity contribution in [3.8, 4) is 11.4 Å². The number of benzene rings is 2. The van der Waals surface area contributed by atoms with Crippen LogP contribution in [0.3, 0.4) is 0 Å². The topological polar surface area (TPSA) is 109 Å². The molecule has 4 rings (SSSR count). The van der Waals surface area contributed by atoms with E-state index in [2.05, 4.69) is 10.1 Å². The summed E-state index contributed by atoms with van der Waals surface area (Å²) in [6.45, 7) is 1.04. The van der Waals surface area contributed by atoms with Crippen LogP contribution in [0, 0.1) is 10.1 Å². The zero-order valence-electron chi connectivity index (χ0n) is 14.2. The van der Waals surface area contributed by atoms with Crippen LogP contribution in [0.1, 0.15) is 6.42 Å². The lowest BCUT2D eigenvalue weighted by atomic mass is 10.2. The lowest BCUT2D eigenvalue weighted by Gasteiger charge is -2.02. The van der Waals surface area contributed by atoms with Crippen LogP contribution in [0.5, 0.6) is 0 Å². The van der Waals surface area contributed by atoms with Crippen LogP contribution >= 0.6 is 0 Å². The van der Waals surface area contributed by atoms with Gasteiger partial charge in [0.2, 0.25) is 0 Å². The van der Waals surface area contributed by atoms with Crippen LogP contribution in [0.15, 0.2) is 64.1 Å². The molecular formula is C18H15N5O4. The third-order valence-electron chi connectivity index (χ3n) is 4.19. The Balaban J connectivity index is 1.46. The first kappa shape index (κ1) is 16.7. The second-order valence-electron chi connectivity index (χ2n) is 5.98. The molecule has 2 aromatic carbocycles. The number of nitrogens with zero attached hydrogens (tertiary/aromatic N) is 5. The number of nitro groups is 1. The summed E-state index contributed by atoms with van der Waals surface area (Å²) in [6.07, 6.45) is 2.23. The highest BCUT2D eigenvalue weighted by Crippen LogP contribution is 2.20. The molecule has 0 radical (unpaired) electrons. The van der Waals surface area contributed by atoms with E-state index in [0.29, 0.717) is 36.5 Å². The SMILES string of the molecule is O=c1oc2ccccc2n1CCCn1cnc(-c2cccc([N+](=O)[O-])c2)n1. The second kappa shape index (κ2) is 6.87. The third kappa shape index (κ3) is 3.34. The minimum atomic E-state index is -0.451. The number of para-hydroxylation sites is 2. The van der Waals surface area contributed by atoms with Crippen LogP contribution in [0.4, 0.5) is 5.69 Å². The molecule has 27 heavy (non-hydrogen) atoms. The van der Waals surface area contributed by atoms with Gasteiger partial charge in [0.1, 0.15) is 6.33 Å². The average Bonchev–Trinajstić information content (AvgIpc) is 3.27. The Hall–Kier alpha value is -3.75. The second-order valence-corrected chi connectivity index (χ2v) is 5.98. The van der Waals surface area contributed by atoms with E-state index in [-0.39, 0.29) is 11.4 Å². The van der Waals surface area contributed by atoms with E-state index < -0.39 is 4.92 Å². The fourth-order valence-electron chi connectivity index (χ4n) is 2.91. The van der Waals surface area contributed by atoms with Crippen molar-refractivity contribution in [2.24, 2.45) is 0 Å². The first-order valence-corrected chi connectivity index (χ1v) is 8.34. The van der Waals surface area contributed by atoms with Gasteiger partial charge in [-0.2, -0.15) is 5.10 Å². The smallest absolute Gasteiger partial charge is 0.408 e. The number of rotatable bonds is 6. The van der Waals surface area contributed by atoms with E-state index >= 15 is 0 Å². The maximum Gasteiger partial charge on any atom is 0.419 e. The Morgan fingerprint density at radius 2 is 1.96 bits per heavy atom. The Bertz CT molecular complexity index is 1170. The van der Waals surface area contributed by atoms with Crippen molar-refractivity contribution in [1.29, 1.82) is 0 Å². The van der Waals surface area contributed by atoms with Crippen LogP contribution in [-0.4, -0.2) is 24.3 Å². The third-order valence-corrected chi connectivity index (χ3v) is 4.19. The lowest BCUT2D eigenvalue weighted by molar-refractivity contribution is -0.384. The van der Waals surface area contributed by atoms with E-state index in [4.69, 9.17) is 4.42 Å². The molecular weight excluding hydrogens is 350 g/mol. The van der Waals surface area contributed by atoms with Gasteiger partial charge in [-0.1, -0.05) is 24.3 Å². The molecule has 136 valence electrons. The molecule has 0 saturated heterocycles. The van der Waals surface area contributed by atoms with E-state index in [1.807, 2.05) is 18.2 Å². The van der Waals surface area contributed by atoms with Gasteiger partial charge >= 0.3 is 5.76 Å². The number of nitro benzene ring substituents is 1. The first-order chi connectivity index (χ1) is 13.1. The largest absolute Gasteiger partial charge is 0.419 e. The van der Waals surface area contributed by atoms with Gasteiger partial charge in [-0.3, -0.25) is 19.4 Å². The van der Waals surface area contributed by atoms with Crippen molar-refractivity contribution >= 4 is 16.8 Å². The Kier molecular flexibility index (Phi) is 4.25. The van der Waals surface area contributed by atoms with Crippen molar-refractivity contribution in [1.82, 2.24) is 19.3 Å². The van der Waals surface area contributed by atoms with Crippen molar-refractivity contribution in [2.75, 3.05) is 0 Å². The maximum atomic E-state index is 12.0. The number of oxazole rings is 1. The highest BCUT2D eigenvalue weighted by atomic mass is 16.6. The van der Waals surface area contributed by atoms with Gasteiger partial charge < -0.3 is 4.42 Å². The van der Waals surface area contributed by atoms with Gasteiger partial charge in [-0.15, -0.1) is 0 Å². The van der Waals surface area contributed by atoms with Crippen molar-refractivity contribution in [2.45, 2.75) is 19.5 Å². The molecule has 0 atom stereocenters. The van der Waals surface area contributed by atoms with Gasteiger partial charge in [-0.25, -0.2) is 9.78 Å². The number of fused-ring (bicyclic) bond motifs is 1. The highest BCUT2D eigenvalue weighted by molar-refractivity contribution is 5.72. The molecule has 0 aliphatic rings. The fourth-order valence-corrected chi connectivity index (χ4v) is 2.91. The van der Waals surface area contributed by atoms with E-state index in [9.17, 15) is 14.9 Å². The summed E-state index contributed by atoms with van der Waals surface area (Å²) in [6, 6.07) is 13.5. The van der Waals surface area contributed by atoms with Gasteiger partial charge in [0.25, 0.3) is 5.69 Å². The monoisotopic (exact) mass is 365 g/mol. The Morgan fingerprint density at radius 3 is 2.81 bits per heavy atom. The molecule has 0 N–H and O–H groups in total. The van der Waals surface area contributed by atoms with E-state index in [1.165, 1.54) is 12.1 Å². The first-order valence-electron chi connectivity index (χ1n) is 8.34. The molecule has 0 spiro atoms. The van der Waals surface area contributed by atoms with Crippen molar-refractivity contribution in [3.63, 3.8) is 0 Å². The van der Waals surface area contributed by atoms with Crippen LogP contribution < -0.4 is 5.76 Å². The number of aryl methyl sites for hydroxylation is 2. The van der Waals surface area contributed by atoms with Gasteiger partial charge in [0, 0.05) is 30.8 Å². The van der Waals surface area contributed by atoms with Gasteiger partial charge in [0.15, 0.2) is 11.4 Å². The van der Waals surface area contributed by atoms with E-state index in [0.717, 1.165) is 5.52 Å². The summed E-state index contributed by atoms with van der Waals surface area (Å²) in [5.41, 5.74) is 1.91. The summed E-state index contributed by atoms with van der Waals surface area (Å²) >= 11 is 0. The number of hydrogen-bond donors (Lipinski definition) is 0. The number of aromatic nitrogens is 4. The molecule has 0 aliphatic heterocycles. The fraction of sp³-hybridized carbons (Fsp3) is 0.167. The molecule has 0 aliphatic carbocycles. The molecule has 0 unspecified atom stereocenters. The maximum absolute atomic E-state index is 12.0. The zero-order valence-corrected chi connectivity index (χ0v) is 14.2. The molecule has 9 nitrogen and oxygen atoms in total. The van der Waals surface area contributed by atoms with Crippen LogP contribution in [0.2, 0.25) is 0 Å². The van der Waals surface area contributed by atoms with Crippen LogP contribution in [-0.2, 0) is 13.1 Å². The molecule has 9 heteroatoms. The molecule has 0 amide bonds. The molecule has 2 aromatic heterocycles. The van der Waals surface area contributed by atoms with Crippen molar-refractivity contribution in [3.05, 3.63) is 75.5 Å². The number of non-ortho nitro benzene ring substituents is 1. The van der Waals surface area contributed by atoms with Crippen LogP contribution in [0.25, 0.3) is 22.5 Å². The molecule has 0 saturated carbocycles. The summed E-state index contributed by atoms with van der Waals surface area (Å²) in [5.74, 6) is 0.0386. The highest BCUT2D eigenvalue weighted by Gasteiger charge is 2.11. The Labute approximate surface area is 152 Å².